The van der Waals surface area contributed by atoms with E-state index in [1.807, 2.05) is 39.1 Å². The Hall–Kier alpha value is -1.03. The molecule has 1 heterocycles. The lowest BCUT2D eigenvalue weighted by Crippen LogP contribution is -2.16. The van der Waals surface area contributed by atoms with Gasteiger partial charge in [0, 0.05) is 4.88 Å². The monoisotopic (exact) mass is 295 g/mol. The average Bonchev–Trinajstić information content (AvgIpc) is 2.76. The van der Waals surface area contributed by atoms with Gasteiger partial charge in [0.1, 0.15) is 5.75 Å². The van der Waals surface area contributed by atoms with Crippen molar-refractivity contribution >= 4 is 22.9 Å². The van der Waals surface area contributed by atoms with Gasteiger partial charge >= 0.3 is 0 Å². The summed E-state index contributed by atoms with van der Waals surface area (Å²) in [5.41, 5.74) is 1.18. The zero-order valence-electron chi connectivity index (χ0n) is 11.3. The van der Waals surface area contributed by atoms with Gasteiger partial charge in [0.2, 0.25) is 0 Å². The van der Waals surface area contributed by atoms with Gasteiger partial charge in [0.25, 0.3) is 0 Å². The molecule has 1 atom stereocenters. The van der Waals surface area contributed by atoms with Crippen molar-refractivity contribution in [2.75, 3.05) is 7.05 Å². The first kappa shape index (κ1) is 14.4. The molecule has 0 aliphatic carbocycles. The topological polar surface area (TPSA) is 21.3 Å². The van der Waals surface area contributed by atoms with Crippen LogP contribution in [0.15, 0.2) is 36.4 Å². The predicted molar refractivity (Wildman–Crippen MR) is 82.4 cm³/mol. The summed E-state index contributed by atoms with van der Waals surface area (Å²) in [6, 6.07) is 12.3. The molecule has 2 aromatic rings. The van der Waals surface area contributed by atoms with Crippen LogP contribution in [0.5, 0.6) is 5.75 Å². The summed E-state index contributed by atoms with van der Waals surface area (Å²) in [7, 11) is 1.95. The van der Waals surface area contributed by atoms with Crippen LogP contribution in [0, 0.1) is 0 Å². The van der Waals surface area contributed by atoms with Gasteiger partial charge in [-0.25, -0.2) is 0 Å². The van der Waals surface area contributed by atoms with E-state index in [9.17, 15) is 0 Å². The molecule has 0 fully saturated rings. The van der Waals surface area contributed by atoms with Crippen molar-refractivity contribution < 1.29 is 4.74 Å². The van der Waals surface area contributed by atoms with E-state index in [4.69, 9.17) is 16.3 Å². The normalized spacial score (nSPS) is 12.7. The molecule has 1 aromatic carbocycles. The van der Waals surface area contributed by atoms with Gasteiger partial charge in [-0.15, -0.1) is 11.3 Å². The Morgan fingerprint density at radius 3 is 2.58 bits per heavy atom. The number of nitrogens with one attached hydrogen (secondary N) is 1. The molecule has 0 saturated heterocycles. The quantitative estimate of drug-likeness (QED) is 0.877. The van der Waals surface area contributed by atoms with Gasteiger partial charge in [0.05, 0.1) is 16.5 Å². The lowest BCUT2D eigenvalue weighted by atomic mass is 10.1. The summed E-state index contributed by atoms with van der Waals surface area (Å²) in [6.45, 7) is 4.06. The molecule has 0 saturated carbocycles. The summed E-state index contributed by atoms with van der Waals surface area (Å²) >= 11 is 7.61. The average molecular weight is 296 g/mol. The number of benzene rings is 1. The van der Waals surface area contributed by atoms with Gasteiger partial charge in [-0.1, -0.05) is 23.7 Å². The lowest BCUT2D eigenvalue weighted by molar-refractivity contribution is 0.242. The van der Waals surface area contributed by atoms with Crippen LogP contribution in [0.3, 0.4) is 0 Å². The molecule has 4 heteroatoms. The zero-order chi connectivity index (χ0) is 13.8. The van der Waals surface area contributed by atoms with E-state index in [-0.39, 0.29) is 12.1 Å². The third kappa shape index (κ3) is 3.72. The van der Waals surface area contributed by atoms with E-state index in [0.717, 1.165) is 10.1 Å². The Kier molecular flexibility index (Phi) is 4.86. The van der Waals surface area contributed by atoms with Gasteiger partial charge in [-0.05, 0) is 50.7 Å². The van der Waals surface area contributed by atoms with Crippen LogP contribution in [-0.4, -0.2) is 13.2 Å². The molecular weight excluding hydrogens is 278 g/mol. The van der Waals surface area contributed by atoms with Gasteiger partial charge in [-0.2, -0.15) is 0 Å². The Labute approximate surface area is 123 Å². The highest BCUT2D eigenvalue weighted by molar-refractivity contribution is 7.16. The van der Waals surface area contributed by atoms with Gasteiger partial charge in [0.15, 0.2) is 0 Å². The van der Waals surface area contributed by atoms with Gasteiger partial charge in [-0.3, -0.25) is 0 Å². The predicted octanol–water partition coefficient (Wildman–Crippen LogP) is 4.50. The molecule has 0 aliphatic heterocycles. The highest BCUT2D eigenvalue weighted by Crippen LogP contribution is 2.32. The Balaban J connectivity index is 2.28. The molecule has 1 aromatic heterocycles. The largest absolute Gasteiger partial charge is 0.491 e. The highest BCUT2D eigenvalue weighted by Gasteiger charge is 2.14. The minimum atomic E-state index is 0.146. The SMILES string of the molecule is CNC(c1cccc(OC(C)C)c1)c1ccc(Cl)s1. The highest BCUT2D eigenvalue weighted by atomic mass is 35.5. The number of hydrogen-bond donors (Lipinski definition) is 1. The Morgan fingerprint density at radius 1 is 1.21 bits per heavy atom. The minimum absolute atomic E-state index is 0.146. The van der Waals surface area contributed by atoms with E-state index in [1.165, 1.54) is 10.4 Å². The smallest absolute Gasteiger partial charge is 0.120 e. The molecule has 0 aliphatic rings. The molecule has 0 spiro atoms. The van der Waals surface area contributed by atoms with Crippen molar-refractivity contribution in [1.82, 2.24) is 5.32 Å². The summed E-state index contributed by atoms with van der Waals surface area (Å²) < 4.78 is 6.55. The van der Waals surface area contributed by atoms with Gasteiger partial charge < -0.3 is 10.1 Å². The number of ether oxygens (including phenoxy) is 1. The van der Waals surface area contributed by atoms with Crippen LogP contribution in [0.4, 0.5) is 0 Å². The van der Waals surface area contributed by atoms with Crippen LogP contribution < -0.4 is 10.1 Å². The maximum Gasteiger partial charge on any atom is 0.120 e. The van der Waals surface area contributed by atoms with Crippen molar-refractivity contribution in [2.24, 2.45) is 0 Å². The van der Waals surface area contributed by atoms with Crippen LogP contribution in [0.2, 0.25) is 4.34 Å². The summed E-state index contributed by atoms with van der Waals surface area (Å²) in [5, 5.41) is 3.32. The van der Waals surface area contributed by atoms with E-state index in [2.05, 4.69) is 23.5 Å². The van der Waals surface area contributed by atoms with E-state index in [0.29, 0.717) is 0 Å². The first-order valence-electron chi connectivity index (χ1n) is 6.29. The molecule has 0 bridgehead atoms. The number of hydrogen-bond acceptors (Lipinski definition) is 3. The molecule has 0 amide bonds. The third-order valence-electron chi connectivity index (χ3n) is 2.73. The van der Waals surface area contributed by atoms with Crippen LogP contribution >= 0.6 is 22.9 Å². The second-order valence-electron chi connectivity index (χ2n) is 4.60. The second-order valence-corrected chi connectivity index (χ2v) is 6.35. The molecule has 102 valence electrons. The van der Waals surface area contributed by atoms with Crippen LogP contribution in [0.1, 0.15) is 30.3 Å². The molecule has 1 unspecified atom stereocenters. The molecular formula is C15H18ClNOS. The molecule has 1 N–H and O–H groups in total. The van der Waals surface area contributed by atoms with Crippen molar-refractivity contribution in [2.45, 2.75) is 26.0 Å². The molecule has 19 heavy (non-hydrogen) atoms. The van der Waals surface area contributed by atoms with Crippen molar-refractivity contribution in [3.63, 3.8) is 0 Å². The molecule has 2 rings (SSSR count). The van der Waals surface area contributed by atoms with Crippen molar-refractivity contribution in [3.05, 3.63) is 51.2 Å². The number of rotatable bonds is 5. The van der Waals surface area contributed by atoms with Crippen LogP contribution in [0.25, 0.3) is 0 Å². The summed E-state index contributed by atoms with van der Waals surface area (Å²) in [5.74, 6) is 0.899. The first-order valence-corrected chi connectivity index (χ1v) is 7.48. The van der Waals surface area contributed by atoms with Crippen molar-refractivity contribution in [3.8, 4) is 5.75 Å². The Bertz CT molecular complexity index is 538. The molecule has 0 radical (unpaired) electrons. The van der Waals surface area contributed by atoms with E-state index < -0.39 is 0 Å². The fraction of sp³-hybridized carbons (Fsp3) is 0.333. The lowest BCUT2D eigenvalue weighted by Gasteiger charge is -2.17. The fourth-order valence-corrected chi connectivity index (χ4v) is 3.20. The minimum Gasteiger partial charge on any atom is -0.491 e. The summed E-state index contributed by atoms with van der Waals surface area (Å²) in [6.07, 6.45) is 0.180. The number of halogens is 1. The Morgan fingerprint density at radius 2 is 2.00 bits per heavy atom. The first-order chi connectivity index (χ1) is 9.10. The third-order valence-corrected chi connectivity index (χ3v) is 4.03. The van der Waals surface area contributed by atoms with Crippen LogP contribution in [-0.2, 0) is 0 Å². The zero-order valence-corrected chi connectivity index (χ0v) is 12.9. The maximum absolute atomic E-state index is 6.02. The maximum atomic E-state index is 6.02. The second kappa shape index (κ2) is 6.42. The molecule has 2 nitrogen and oxygen atoms in total. The number of thiophene rings is 1. The fourth-order valence-electron chi connectivity index (χ4n) is 2.00. The van der Waals surface area contributed by atoms with Crippen molar-refractivity contribution in [1.29, 1.82) is 0 Å². The van der Waals surface area contributed by atoms with E-state index in [1.54, 1.807) is 11.3 Å². The standard InChI is InChI=1S/C15H18ClNOS/c1-10(2)18-12-6-4-5-11(9-12)15(17-3)13-7-8-14(16)19-13/h4-10,15,17H,1-3H3. The summed E-state index contributed by atoms with van der Waals surface area (Å²) in [4.78, 5) is 1.20. The van der Waals surface area contributed by atoms with E-state index >= 15 is 0 Å².